The normalized spacial score (nSPS) is 16.7. The zero-order valence-corrected chi connectivity index (χ0v) is 13.0. The monoisotopic (exact) mass is 277 g/mol. The Morgan fingerprint density at radius 1 is 1.05 bits per heavy atom. The minimum Gasteiger partial charge on any atom is -0.497 e. The summed E-state index contributed by atoms with van der Waals surface area (Å²) < 4.78 is 5.21. The Kier molecular flexibility index (Phi) is 5.68. The number of rotatable bonds is 6. The Morgan fingerprint density at radius 3 is 2.25 bits per heavy atom. The molecule has 20 heavy (non-hydrogen) atoms. The Hall–Kier alpha value is -1.26. The standard InChI is InChI=1S/C16H27N3O/c1-17(2)9-4-10-18-11-13-19(14-12-18)15-5-7-16(20-3)8-6-15/h5-8H,4,9-14H2,1-3H3. The molecule has 0 aromatic heterocycles. The lowest BCUT2D eigenvalue weighted by Gasteiger charge is -2.36. The molecule has 112 valence electrons. The molecule has 1 aliphatic rings. The zero-order valence-electron chi connectivity index (χ0n) is 13.0. The average Bonchev–Trinajstić information content (AvgIpc) is 2.48. The van der Waals surface area contributed by atoms with E-state index in [1.807, 2.05) is 12.1 Å². The van der Waals surface area contributed by atoms with Crippen LogP contribution in [-0.4, -0.2) is 70.3 Å². The summed E-state index contributed by atoms with van der Waals surface area (Å²) in [5.74, 6) is 0.927. The number of hydrogen-bond donors (Lipinski definition) is 0. The van der Waals surface area contributed by atoms with Gasteiger partial charge in [0.2, 0.25) is 0 Å². The van der Waals surface area contributed by atoms with E-state index >= 15 is 0 Å². The Labute approximate surface area is 122 Å². The minimum atomic E-state index is 0.927. The summed E-state index contributed by atoms with van der Waals surface area (Å²) in [6.45, 7) is 6.97. The van der Waals surface area contributed by atoms with Crippen molar-refractivity contribution in [3.63, 3.8) is 0 Å². The van der Waals surface area contributed by atoms with Gasteiger partial charge in [-0.15, -0.1) is 0 Å². The highest BCUT2D eigenvalue weighted by atomic mass is 16.5. The molecule has 1 saturated heterocycles. The van der Waals surface area contributed by atoms with E-state index in [0.717, 1.165) is 18.8 Å². The first kappa shape index (κ1) is 15.1. The molecule has 0 atom stereocenters. The molecule has 1 aliphatic heterocycles. The third kappa shape index (κ3) is 4.39. The van der Waals surface area contributed by atoms with Crippen LogP contribution >= 0.6 is 0 Å². The molecule has 1 heterocycles. The zero-order chi connectivity index (χ0) is 14.4. The number of nitrogens with zero attached hydrogens (tertiary/aromatic N) is 3. The molecule has 4 nitrogen and oxygen atoms in total. The van der Waals surface area contributed by atoms with Gasteiger partial charge in [0, 0.05) is 31.9 Å². The average molecular weight is 277 g/mol. The van der Waals surface area contributed by atoms with Crippen molar-refractivity contribution in [2.24, 2.45) is 0 Å². The Balaban J connectivity index is 1.75. The molecule has 0 N–H and O–H groups in total. The fourth-order valence-corrected chi connectivity index (χ4v) is 2.63. The van der Waals surface area contributed by atoms with Crippen molar-refractivity contribution in [3.8, 4) is 5.75 Å². The van der Waals surface area contributed by atoms with Gasteiger partial charge in [-0.2, -0.15) is 0 Å². The van der Waals surface area contributed by atoms with Crippen molar-refractivity contribution < 1.29 is 4.74 Å². The van der Waals surface area contributed by atoms with Gasteiger partial charge in [0.25, 0.3) is 0 Å². The molecular weight excluding hydrogens is 250 g/mol. The van der Waals surface area contributed by atoms with E-state index < -0.39 is 0 Å². The molecule has 4 heteroatoms. The van der Waals surface area contributed by atoms with Gasteiger partial charge in [-0.1, -0.05) is 0 Å². The van der Waals surface area contributed by atoms with Crippen LogP contribution in [0, 0.1) is 0 Å². The predicted octanol–water partition coefficient (Wildman–Crippen LogP) is 1.77. The van der Waals surface area contributed by atoms with E-state index in [1.165, 1.54) is 38.3 Å². The largest absolute Gasteiger partial charge is 0.497 e. The SMILES string of the molecule is COc1ccc(N2CCN(CCCN(C)C)CC2)cc1. The van der Waals surface area contributed by atoms with Crippen molar-refractivity contribution in [1.29, 1.82) is 0 Å². The number of anilines is 1. The molecule has 2 rings (SSSR count). The highest BCUT2D eigenvalue weighted by Gasteiger charge is 2.16. The van der Waals surface area contributed by atoms with Crippen LogP contribution in [0.25, 0.3) is 0 Å². The van der Waals surface area contributed by atoms with Crippen molar-refractivity contribution in [3.05, 3.63) is 24.3 Å². The van der Waals surface area contributed by atoms with E-state index in [1.54, 1.807) is 7.11 Å². The summed E-state index contributed by atoms with van der Waals surface area (Å²) in [6.07, 6.45) is 1.26. The summed E-state index contributed by atoms with van der Waals surface area (Å²) in [4.78, 5) is 7.29. The van der Waals surface area contributed by atoms with Gasteiger partial charge in [0.1, 0.15) is 5.75 Å². The number of methoxy groups -OCH3 is 1. The highest BCUT2D eigenvalue weighted by Crippen LogP contribution is 2.20. The molecule has 1 fully saturated rings. The molecule has 0 unspecified atom stereocenters. The lowest BCUT2D eigenvalue weighted by atomic mass is 10.2. The molecule has 1 aromatic rings. The second-order valence-electron chi connectivity index (χ2n) is 5.68. The van der Waals surface area contributed by atoms with Gasteiger partial charge in [-0.05, 0) is 57.9 Å². The first-order valence-electron chi connectivity index (χ1n) is 7.45. The second kappa shape index (κ2) is 7.50. The Bertz CT molecular complexity index is 383. The smallest absolute Gasteiger partial charge is 0.119 e. The number of hydrogen-bond acceptors (Lipinski definition) is 4. The van der Waals surface area contributed by atoms with Gasteiger partial charge in [0.05, 0.1) is 7.11 Å². The van der Waals surface area contributed by atoms with Crippen molar-refractivity contribution in [2.45, 2.75) is 6.42 Å². The fourth-order valence-electron chi connectivity index (χ4n) is 2.63. The van der Waals surface area contributed by atoms with Gasteiger partial charge in [0.15, 0.2) is 0 Å². The van der Waals surface area contributed by atoms with Crippen LogP contribution in [0.15, 0.2) is 24.3 Å². The van der Waals surface area contributed by atoms with Gasteiger partial charge in [-0.25, -0.2) is 0 Å². The summed E-state index contributed by atoms with van der Waals surface area (Å²) in [7, 11) is 5.99. The molecule has 0 amide bonds. The summed E-state index contributed by atoms with van der Waals surface area (Å²) >= 11 is 0. The maximum atomic E-state index is 5.21. The molecule has 0 bridgehead atoms. The Morgan fingerprint density at radius 2 is 1.70 bits per heavy atom. The first-order chi connectivity index (χ1) is 9.69. The van der Waals surface area contributed by atoms with Crippen LogP contribution in [0.2, 0.25) is 0 Å². The molecular formula is C16H27N3O. The van der Waals surface area contributed by atoms with E-state index in [9.17, 15) is 0 Å². The van der Waals surface area contributed by atoms with Crippen LogP contribution in [0.3, 0.4) is 0 Å². The molecule has 0 spiro atoms. The van der Waals surface area contributed by atoms with Gasteiger partial charge in [-0.3, -0.25) is 4.90 Å². The van der Waals surface area contributed by atoms with E-state index in [4.69, 9.17) is 4.74 Å². The number of piperazine rings is 1. The predicted molar refractivity (Wildman–Crippen MR) is 84.8 cm³/mol. The molecule has 0 radical (unpaired) electrons. The van der Waals surface area contributed by atoms with E-state index in [2.05, 4.69) is 40.9 Å². The van der Waals surface area contributed by atoms with E-state index in [0.29, 0.717) is 0 Å². The maximum absolute atomic E-state index is 5.21. The molecule has 0 aliphatic carbocycles. The number of ether oxygens (including phenoxy) is 1. The van der Waals surface area contributed by atoms with Gasteiger partial charge >= 0.3 is 0 Å². The third-order valence-electron chi connectivity index (χ3n) is 3.89. The summed E-state index contributed by atoms with van der Waals surface area (Å²) in [5, 5.41) is 0. The fraction of sp³-hybridized carbons (Fsp3) is 0.625. The third-order valence-corrected chi connectivity index (χ3v) is 3.89. The maximum Gasteiger partial charge on any atom is 0.119 e. The van der Waals surface area contributed by atoms with Crippen LogP contribution in [0.4, 0.5) is 5.69 Å². The summed E-state index contributed by atoms with van der Waals surface area (Å²) in [6, 6.07) is 8.39. The minimum absolute atomic E-state index is 0.927. The molecule has 0 saturated carbocycles. The second-order valence-corrected chi connectivity index (χ2v) is 5.68. The van der Waals surface area contributed by atoms with Crippen LogP contribution < -0.4 is 9.64 Å². The number of benzene rings is 1. The van der Waals surface area contributed by atoms with Crippen molar-refractivity contribution in [1.82, 2.24) is 9.80 Å². The quantitative estimate of drug-likeness (QED) is 0.789. The topological polar surface area (TPSA) is 19.0 Å². The lowest BCUT2D eigenvalue weighted by molar-refractivity contribution is 0.242. The van der Waals surface area contributed by atoms with Crippen LogP contribution in [0.5, 0.6) is 5.75 Å². The van der Waals surface area contributed by atoms with Crippen molar-refractivity contribution >= 4 is 5.69 Å². The van der Waals surface area contributed by atoms with Crippen LogP contribution in [0.1, 0.15) is 6.42 Å². The first-order valence-corrected chi connectivity index (χ1v) is 7.45. The van der Waals surface area contributed by atoms with Gasteiger partial charge < -0.3 is 14.5 Å². The highest BCUT2D eigenvalue weighted by molar-refractivity contribution is 5.49. The van der Waals surface area contributed by atoms with E-state index in [-0.39, 0.29) is 0 Å². The lowest BCUT2D eigenvalue weighted by Crippen LogP contribution is -2.46. The van der Waals surface area contributed by atoms with Crippen molar-refractivity contribution in [2.75, 3.05) is 65.4 Å². The summed E-state index contributed by atoms with van der Waals surface area (Å²) in [5.41, 5.74) is 1.30. The molecule has 1 aromatic carbocycles. The van der Waals surface area contributed by atoms with Crippen LogP contribution in [-0.2, 0) is 0 Å².